The summed E-state index contributed by atoms with van der Waals surface area (Å²) < 4.78 is 3.21. The van der Waals surface area contributed by atoms with Crippen LogP contribution in [0.1, 0.15) is 31.0 Å². The van der Waals surface area contributed by atoms with E-state index in [1.807, 2.05) is 19.1 Å². The Kier molecular flexibility index (Phi) is 3.54. The van der Waals surface area contributed by atoms with Crippen molar-refractivity contribution in [2.75, 3.05) is 0 Å². The molecule has 128 valence electrons. The third-order valence-electron chi connectivity index (χ3n) is 4.91. The number of aromatic nitrogens is 5. The molecule has 7 nitrogen and oxygen atoms in total. The van der Waals surface area contributed by atoms with Gasteiger partial charge in [0.25, 0.3) is 5.56 Å². The molecule has 3 aromatic rings. The fraction of sp³-hybridized carbons (Fsp3) is 0.333. The van der Waals surface area contributed by atoms with Crippen LogP contribution in [0.2, 0.25) is 0 Å². The number of pyridine rings is 1. The average Bonchev–Trinajstić information content (AvgIpc) is 3.12. The molecule has 0 radical (unpaired) electrons. The molecule has 0 aromatic carbocycles. The Morgan fingerprint density at radius 1 is 1.44 bits per heavy atom. The van der Waals surface area contributed by atoms with Gasteiger partial charge in [-0.15, -0.1) is 6.58 Å². The normalized spacial score (nSPS) is 19.3. The molecule has 1 N–H and O–H groups in total. The van der Waals surface area contributed by atoms with Crippen molar-refractivity contribution in [3.05, 3.63) is 58.9 Å². The van der Waals surface area contributed by atoms with Crippen LogP contribution < -0.4 is 5.56 Å². The summed E-state index contributed by atoms with van der Waals surface area (Å²) in [6.07, 6.45) is 6.65. The van der Waals surface area contributed by atoms with Gasteiger partial charge in [0.2, 0.25) is 0 Å². The van der Waals surface area contributed by atoms with Crippen molar-refractivity contribution in [1.29, 1.82) is 0 Å². The standard InChI is InChI=1S/C18H19N5O2/c1-3-9-22-17(24)13-10-19-11-20-16(13)23(22)14-6-5-12-7-8-18(25,4-2)15(12)21-14/h3,5-6,10-11,25H,1,4,7-9H2,2H3. The molecule has 0 amide bonds. The lowest BCUT2D eigenvalue weighted by Gasteiger charge is -2.21. The quantitative estimate of drug-likeness (QED) is 0.733. The van der Waals surface area contributed by atoms with Crippen molar-refractivity contribution in [2.45, 2.75) is 38.3 Å². The van der Waals surface area contributed by atoms with Gasteiger partial charge in [-0.3, -0.25) is 4.79 Å². The first-order chi connectivity index (χ1) is 12.1. The van der Waals surface area contributed by atoms with Crippen LogP contribution in [0.15, 0.2) is 42.1 Å². The van der Waals surface area contributed by atoms with Gasteiger partial charge >= 0.3 is 0 Å². The van der Waals surface area contributed by atoms with Gasteiger partial charge in [-0.25, -0.2) is 24.3 Å². The zero-order valence-corrected chi connectivity index (χ0v) is 14.0. The molecular formula is C18H19N5O2. The molecular weight excluding hydrogens is 318 g/mol. The number of fused-ring (bicyclic) bond motifs is 2. The molecule has 0 bridgehead atoms. The Morgan fingerprint density at radius 2 is 2.28 bits per heavy atom. The van der Waals surface area contributed by atoms with Crippen LogP contribution in [0.5, 0.6) is 0 Å². The van der Waals surface area contributed by atoms with Crippen LogP contribution >= 0.6 is 0 Å². The monoisotopic (exact) mass is 337 g/mol. The van der Waals surface area contributed by atoms with E-state index >= 15 is 0 Å². The van der Waals surface area contributed by atoms with Gasteiger partial charge < -0.3 is 5.11 Å². The molecule has 7 heteroatoms. The number of nitrogens with zero attached hydrogens (tertiary/aromatic N) is 5. The Hall–Kier alpha value is -2.80. The third kappa shape index (κ3) is 2.23. The predicted octanol–water partition coefficient (Wildman–Crippen LogP) is 1.71. The Bertz CT molecular complexity index is 1040. The molecule has 0 saturated carbocycles. The molecule has 3 aromatic heterocycles. The van der Waals surface area contributed by atoms with Crippen LogP contribution in [0.25, 0.3) is 16.9 Å². The van der Waals surface area contributed by atoms with Gasteiger partial charge in [-0.1, -0.05) is 19.1 Å². The molecule has 0 saturated heterocycles. The van der Waals surface area contributed by atoms with E-state index in [-0.39, 0.29) is 5.56 Å². The minimum Gasteiger partial charge on any atom is -0.384 e. The highest BCUT2D eigenvalue weighted by Crippen LogP contribution is 2.38. The van der Waals surface area contributed by atoms with E-state index in [2.05, 4.69) is 16.5 Å². The van der Waals surface area contributed by atoms with Gasteiger partial charge in [0.05, 0.1) is 12.2 Å². The minimum atomic E-state index is -0.910. The molecule has 1 unspecified atom stereocenters. The molecule has 0 aliphatic heterocycles. The van der Waals surface area contributed by atoms with E-state index in [0.29, 0.717) is 41.9 Å². The Morgan fingerprint density at radius 3 is 3.04 bits per heavy atom. The smallest absolute Gasteiger partial charge is 0.278 e. The largest absolute Gasteiger partial charge is 0.384 e. The van der Waals surface area contributed by atoms with Gasteiger partial charge in [0.15, 0.2) is 11.5 Å². The van der Waals surface area contributed by atoms with Crippen molar-refractivity contribution in [3.63, 3.8) is 0 Å². The van der Waals surface area contributed by atoms with Crippen molar-refractivity contribution < 1.29 is 5.11 Å². The number of hydrogen-bond donors (Lipinski definition) is 1. The van der Waals surface area contributed by atoms with Crippen molar-refractivity contribution >= 4 is 11.0 Å². The summed E-state index contributed by atoms with van der Waals surface area (Å²) >= 11 is 0. The summed E-state index contributed by atoms with van der Waals surface area (Å²) in [5.74, 6) is 0.556. The van der Waals surface area contributed by atoms with Gasteiger partial charge in [-0.05, 0) is 30.9 Å². The van der Waals surface area contributed by atoms with E-state index < -0.39 is 5.60 Å². The summed E-state index contributed by atoms with van der Waals surface area (Å²) in [6.45, 7) is 6.01. The van der Waals surface area contributed by atoms with Crippen LogP contribution in [-0.4, -0.2) is 29.4 Å². The summed E-state index contributed by atoms with van der Waals surface area (Å²) in [7, 11) is 0. The summed E-state index contributed by atoms with van der Waals surface area (Å²) in [4.78, 5) is 25.6. The fourth-order valence-corrected chi connectivity index (χ4v) is 3.51. The van der Waals surface area contributed by atoms with Gasteiger partial charge in [0.1, 0.15) is 17.3 Å². The van der Waals surface area contributed by atoms with Crippen molar-refractivity contribution in [3.8, 4) is 5.82 Å². The number of aryl methyl sites for hydroxylation is 1. The second-order valence-electron chi connectivity index (χ2n) is 6.31. The predicted molar refractivity (Wildman–Crippen MR) is 93.6 cm³/mol. The Labute approximate surface area is 144 Å². The zero-order chi connectivity index (χ0) is 17.6. The van der Waals surface area contributed by atoms with E-state index in [0.717, 1.165) is 12.0 Å². The van der Waals surface area contributed by atoms with E-state index in [1.54, 1.807) is 10.8 Å². The molecule has 0 spiro atoms. The highest BCUT2D eigenvalue weighted by atomic mass is 16.3. The lowest BCUT2D eigenvalue weighted by molar-refractivity contribution is 0.0306. The number of allylic oxidation sites excluding steroid dienone is 1. The third-order valence-corrected chi connectivity index (χ3v) is 4.91. The maximum atomic E-state index is 12.7. The molecule has 1 atom stereocenters. The van der Waals surface area contributed by atoms with Crippen LogP contribution in [0, 0.1) is 0 Å². The van der Waals surface area contributed by atoms with E-state index in [4.69, 9.17) is 4.98 Å². The first kappa shape index (κ1) is 15.7. The second-order valence-corrected chi connectivity index (χ2v) is 6.31. The van der Waals surface area contributed by atoms with E-state index in [1.165, 1.54) is 17.2 Å². The maximum absolute atomic E-state index is 12.7. The highest BCUT2D eigenvalue weighted by Gasteiger charge is 2.37. The molecule has 1 aliphatic carbocycles. The number of hydrogen-bond acceptors (Lipinski definition) is 5. The average molecular weight is 337 g/mol. The molecule has 4 rings (SSSR count). The lowest BCUT2D eigenvalue weighted by atomic mass is 9.98. The van der Waals surface area contributed by atoms with Gasteiger partial charge in [-0.2, -0.15) is 0 Å². The summed E-state index contributed by atoms with van der Waals surface area (Å²) in [5, 5.41) is 11.3. The first-order valence-electron chi connectivity index (χ1n) is 8.34. The van der Waals surface area contributed by atoms with Crippen molar-refractivity contribution in [1.82, 2.24) is 24.3 Å². The Balaban J connectivity index is 2.00. The molecule has 0 fully saturated rings. The summed E-state index contributed by atoms with van der Waals surface area (Å²) in [5.41, 5.74) is 1.14. The van der Waals surface area contributed by atoms with Crippen LogP contribution in [-0.2, 0) is 18.6 Å². The lowest BCUT2D eigenvalue weighted by Crippen LogP contribution is -2.25. The topological polar surface area (TPSA) is 85.8 Å². The van der Waals surface area contributed by atoms with Crippen molar-refractivity contribution in [2.24, 2.45) is 0 Å². The summed E-state index contributed by atoms with van der Waals surface area (Å²) in [6, 6.07) is 3.84. The van der Waals surface area contributed by atoms with Crippen LogP contribution in [0.3, 0.4) is 0 Å². The maximum Gasteiger partial charge on any atom is 0.278 e. The fourth-order valence-electron chi connectivity index (χ4n) is 3.51. The van der Waals surface area contributed by atoms with Gasteiger partial charge in [0, 0.05) is 6.20 Å². The SMILES string of the molecule is C=CCn1c(=O)c2cncnc2n1-c1ccc2c(n1)C(O)(CC)CC2. The number of rotatable bonds is 4. The second kappa shape index (κ2) is 5.63. The zero-order valence-electron chi connectivity index (χ0n) is 14.0. The molecule has 3 heterocycles. The molecule has 25 heavy (non-hydrogen) atoms. The minimum absolute atomic E-state index is 0.191. The highest BCUT2D eigenvalue weighted by molar-refractivity contribution is 5.74. The molecule has 1 aliphatic rings. The first-order valence-corrected chi connectivity index (χ1v) is 8.34. The van der Waals surface area contributed by atoms with Crippen LogP contribution in [0.4, 0.5) is 0 Å². The number of aliphatic hydroxyl groups is 1. The van der Waals surface area contributed by atoms with E-state index in [9.17, 15) is 9.90 Å².